The lowest BCUT2D eigenvalue weighted by atomic mass is 9.85. The van der Waals surface area contributed by atoms with Crippen LogP contribution in [0.4, 0.5) is 0 Å². The van der Waals surface area contributed by atoms with Gasteiger partial charge in [-0.25, -0.2) is 13.1 Å². The van der Waals surface area contributed by atoms with Crippen molar-refractivity contribution in [1.82, 2.24) is 10.0 Å². The van der Waals surface area contributed by atoms with Crippen LogP contribution in [0.1, 0.15) is 44.1 Å². The Bertz CT molecular complexity index is 761. The Morgan fingerprint density at radius 1 is 1.18 bits per heavy atom. The van der Waals surface area contributed by atoms with E-state index in [-0.39, 0.29) is 29.4 Å². The van der Waals surface area contributed by atoms with Gasteiger partial charge in [-0.2, -0.15) is 0 Å². The van der Waals surface area contributed by atoms with E-state index in [4.69, 9.17) is 4.74 Å². The van der Waals surface area contributed by atoms with E-state index in [1.807, 2.05) is 6.92 Å². The van der Waals surface area contributed by atoms with Gasteiger partial charge in [-0.1, -0.05) is 24.1 Å². The van der Waals surface area contributed by atoms with Gasteiger partial charge in [-0.05, 0) is 51.2 Å². The minimum Gasteiger partial charge on any atom is -0.394 e. The van der Waals surface area contributed by atoms with Crippen molar-refractivity contribution in [1.29, 1.82) is 0 Å². The van der Waals surface area contributed by atoms with Gasteiger partial charge in [0.25, 0.3) is 0 Å². The van der Waals surface area contributed by atoms with Gasteiger partial charge in [0, 0.05) is 12.5 Å². The lowest BCUT2D eigenvalue weighted by Crippen LogP contribution is -2.51. The molecule has 0 bridgehead atoms. The van der Waals surface area contributed by atoms with Crippen molar-refractivity contribution in [3.8, 4) is 0 Å². The number of ether oxygens (including phenoxy) is 1. The molecule has 1 aliphatic carbocycles. The van der Waals surface area contributed by atoms with E-state index < -0.39 is 22.2 Å². The number of aliphatic hydroxyl groups excluding tert-OH is 1. The zero-order chi connectivity index (χ0) is 20.1. The number of sulfonamides is 1. The Morgan fingerprint density at radius 3 is 2.50 bits per heavy atom. The molecule has 0 spiro atoms. The van der Waals surface area contributed by atoms with Gasteiger partial charge in [0.05, 0.1) is 29.8 Å². The maximum atomic E-state index is 12.6. The fraction of sp³-hybridized carbons (Fsp3) is 0.650. The molecule has 1 heterocycles. The standard InChI is InChI=1S/C20H30N2O5S/c1-14-5-8-17(9-6-14)28(25,26)22-18-10-7-16(27-19(18)13-23)11-12-21-20(24)15-3-2-4-15/h5-6,8-9,15-16,18-19,22-23H,2-4,7,10-13H2,1H3,(H,21,24)/t16-,18-,19-/m0/s1. The second-order valence-electron chi connectivity index (χ2n) is 7.80. The van der Waals surface area contributed by atoms with Crippen molar-refractivity contribution >= 4 is 15.9 Å². The monoisotopic (exact) mass is 410 g/mol. The van der Waals surface area contributed by atoms with E-state index in [2.05, 4.69) is 10.0 Å². The number of nitrogens with one attached hydrogen (secondary N) is 2. The van der Waals surface area contributed by atoms with Crippen molar-refractivity contribution in [2.75, 3.05) is 13.2 Å². The van der Waals surface area contributed by atoms with Crippen LogP contribution in [-0.4, -0.2) is 50.8 Å². The van der Waals surface area contributed by atoms with Crippen LogP contribution in [0, 0.1) is 12.8 Å². The minimum atomic E-state index is -3.67. The van der Waals surface area contributed by atoms with Gasteiger partial charge >= 0.3 is 0 Å². The second kappa shape index (κ2) is 9.35. The molecule has 3 atom stereocenters. The van der Waals surface area contributed by atoms with Crippen molar-refractivity contribution in [3.63, 3.8) is 0 Å². The zero-order valence-corrected chi connectivity index (χ0v) is 17.1. The van der Waals surface area contributed by atoms with Gasteiger partial charge in [0.2, 0.25) is 15.9 Å². The minimum absolute atomic E-state index is 0.0982. The van der Waals surface area contributed by atoms with Crippen LogP contribution in [0.15, 0.2) is 29.2 Å². The summed E-state index contributed by atoms with van der Waals surface area (Å²) in [7, 11) is -3.67. The van der Waals surface area contributed by atoms with Crippen LogP contribution >= 0.6 is 0 Å². The van der Waals surface area contributed by atoms with E-state index in [9.17, 15) is 18.3 Å². The van der Waals surface area contributed by atoms with Crippen molar-refractivity contribution in [2.24, 2.45) is 5.92 Å². The molecule has 0 unspecified atom stereocenters. The first kappa shape index (κ1) is 21.2. The first-order valence-electron chi connectivity index (χ1n) is 10.0. The quantitative estimate of drug-likeness (QED) is 0.602. The van der Waals surface area contributed by atoms with Crippen molar-refractivity contribution in [2.45, 2.75) is 68.6 Å². The molecule has 156 valence electrons. The van der Waals surface area contributed by atoms with Crippen molar-refractivity contribution < 1.29 is 23.1 Å². The molecule has 0 aromatic heterocycles. The summed E-state index contributed by atoms with van der Waals surface area (Å²) < 4.78 is 33.8. The molecule has 3 rings (SSSR count). The molecule has 1 aromatic rings. The Kier molecular flexibility index (Phi) is 7.09. The number of rotatable bonds is 8. The molecule has 1 saturated heterocycles. The molecule has 1 aromatic carbocycles. The molecular weight excluding hydrogens is 380 g/mol. The number of benzene rings is 1. The van der Waals surface area contributed by atoms with E-state index in [1.165, 1.54) is 0 Å². The van der Waals surface area contributed by atoms with E-state index in [0.29, 0.717) is 25.8 Å². The van der Waals surface area contributed by atoms with Gasteiger partial charge in [0.1, 0.15) is 0 Å². The van der Waals surface area contributed by atoms with Crippen LogP contribution in [0.25, 0.3) is 0 Å². The summed E-state index contributed by atoms with van der Waals surface area (Å²) >= 11 is 0. The number of amides is 1. The summed E-state index contributed by atoms with van der Waals surface area (Å²) in [5, 5.41) is 12.6. The van der Waals surface area contributed by atoms with Crippen LogP contribution in [0.2, 0.25) is 0 Å². The highest BCUT2D eigenvalue weighted by Gasteiger charge is 2.34. The predicted molar refractivity (Wildman–Crippen MR) is 105 cm³/mol. The van der Waals surface area contributed by atoms with E-state index >= 15 is 0 Å². The van der Waals surface area contributed by atoms with Crippen LogP contribution in [0.3, 0.4) is 0 Å². The van der Waals surface area contributed by atoms with E-state index in [1.54, 1.807) is 24.3 Å². The summed E-state index contributed by atoms with van der Waals surface area (Å²) in [4.78, 5) is 12.1. The highest BCUT2D eigenvalue weighted by Crippen LogP contribution is 2.26. The third-order valence-electron chi connectivity index (χ3n) is 5.67. The number of carbonyl (C=O) groups excluding carboxylic acids is 1. The topological polar surface area (TPSA) is 105 Å². The van der Waals surface area contributed by atoms with Gasteiger partial charge in [-0.3, -0.25) is 4.79 Å². The highest BCUT2D eigenvalue weighted by atomic mass is 32.2. The lowest BCUT2D eigenvalue weighted by molar-refractivity contribution is -0.127. The van der Waals surface area contributed by atoms with Gasteiger partial charge < -0.3 is 15.2 Å². The summed E-state index contributed by atoms with van der Waals surface area (Å²) in [5.74, 6) is 0.280. The normalized spacial score (nSPS) is 25.9. The van der Waals surface area contributed by atoms with Gasteiger partial charge in [0.15, 0.2) is 0 Å². The third-order valence-corrected chi connectivity index (χ3v) is 7.18. The first-order valence-corrected chi connectivity index (χ1v) is 11.5. The Morgan fingerprint density at radius 2 is 1.89 bits per heavy atom. The summed E-state index contributed by atoms with van der Waals surface area (Å²) in [6.45, 7) is 2.18. The Labute approximate surface area is 166 Å². The van der Waals surface area contributed by atoms with Gasteiger partial charge in [-0.15, -0.1) is 0 Å². The number of hydrogen-bond acceptors (Lipinski definition) is 5. The first-order chi connectivity index (χ1) is 13.4. The van der Waals surface area contributed by atoms with Crippen LogP contribution in [0.5, 0.6) is 0 Å². The molecule has 7 nitrogen and oxygen atoms in total. The fourth-order valence-electron chi connectivity index (χ4n) is 3.63. The average molecular weight is 411 g/mol. The van der Waals surface area contributed by atoms with E-state index in [0.717, 1.165) is 24.8 Å². The molecule has 2 aliphatic rings. The maximum Gasteiger partial charge on any atom is 0.240 e. The number of hydrogen-bond donors (Lipinski definition) is 3. The van der Waals surface area contributed by atoms with Crippen molar-refractivity contribution in [3.05, 3.63) is 29.8 Å². The molecule has 2 fully saturated rings. The average Bonchev–Trinajstić information content (AvgIpc) is 2.61. The molecule has 1 saturated carbocycles. The lowest BCUT2D eigenvalue weighted by Gasteiger charge is -2.36. The number of aryl methyl sites for hydroxylation is 1. The largest absolute Gasteiger partial charge is 0.394 e. The number of aliphatic hydroxyl groups is 1. The smallest absolute Gasteiger partial charge is 0.240 e. The zero-order valence-electron chi connectivity index (χ0n) is 16.3. The predicted octanol–water partition coefficient (Wildman–Crippen LogP) is 1.49. The van der Waals surface area contributed by atoms with Crippen LogP contribution < -0.4 is 10.0 Å². The molecule has 3 N–H and O–H groups in total. The molecule has 1 aliphatic heterocycles. The fourth-order valence-corrected chi connectivity index (χ4v) is 4.93. The molecule has 28 heavy (non-hydrogen) atoms. The number of carbonyl (C=O) groups is 1. The molecule has 1 amide bonds. The SMILES string of the molecule is Cc1ccc(S(=O)(=O)N[C@H]2CC[C@@H](CCNC(=O)C3CCC3)O[C@H]2CO)cc1. The molecular formula is C20H30N2O5S. The Hall–Kier alpha value is -1.48. The third kappa shape index (κ3) is 5.31. The summed E-state index contributed by atoms with van der Waals surface area (Å²) in [6.07, 6.45) is 4.30. The molecule has 8 heteroatoms. The maximum absolute atomic E-state index is 12.6. The highest BCUT2D eigenvalue weighted by molar-refractivity contribution is 7.89. The molecule has 0 radical (unpaired) electrons. The second-order valence-corrected chi connectivity index (χ2v) is 9.52. The summed E-state index contributed by atoms with van der Waals surface area (Å²) in [5.41, 5.74) is 0.987. The summed E-state index contributed by atoms with van der Waals surface area (Å²) in [6, 6.07) is 6.18. The Balaban J connectivity index is 1.49. The van der Waals surface area contributed by atoms with Crippen LogP contribution in [-0.2, 0) is 19.6 Å².